The van der Waals surface area contributed by atoms with Gasteiger partial charge in [0.15, 0.2) is 0 Å². The maximum Gasteiger partial charge on any atom is 0.238 e. The highest BCUT2D eigenvalue weighted by molar-refractivity contribution is 7.89. The third-order valence-corrected chi connectivity index (χ3v) is 5.02. The van der Waals surface area contributed by atoms with E-state index in [0.29, 0.717) is 5.69 Å². The van der Waals surface area contributed by atoms with Crippen LogP contribution in [0, 0.1) is 11.2 Å². The van der Waals surface area contributed by atoms with Crippen molar-refractivity contribution < 1.29 is 12.8 Å². The Bertz CT molecular complexity index is 599. The van der Waals surface area contributed by atoms with Crippen molar-refractivity contribution in [3.63, 3.8) is 0 Å². The minimum absolute atomic E-state index is 0.101. The van der Waals surface area contributed by atoms with E-state index in [9.17, 15) is 12.8 Å². The van der Waals surface area contributed by atoms with Crippen molar-refractivity contribution in [1.82, 2.24) is 0 Å². The summed E-state index contributed by atoms with van der Waals surface area (Å²) in [6, 6.07) is 3.93. The van der Waals surface area contributed by atoms with E-state index in [-0.39, 0.29) is 16.4 Å². The molecule has 1 aliphatic carbocycles. The fourth-order valence-corrected chi connectivity index (χ4v) is 3.26. The summed E-state index contributed by atoms with van der Waals surface area (Å²) in [5.41, 5.74) is 0.431. The van der Waals surface area contributed by atoms with Gasteiger partial charge in [0.2, 0.25) is 10.0 Å². The summed E-state index contributed by atoms with van der Waals surface area (Å²) in [7, 11) is -3.87. The number of sulfonamides is 1. The van der Waals surface area contributed by atoms with Crippen LogP contribution in [0.15, 0.2) is 23.1 Å². The monoisotopic (exact) mass is 300 g/mol. The highest BCUT2D eigenvalue weighted by Gasteiger charge is 2.32. The molecular weight excluding hydrogens is 279 g/mol. The number of hydrogen-bond donors (Lipinski definition) is 2. The molecule has 1 saturated carbocycles. The summed E-state index contributed by atoms with van der Waals surface area (Å²) < 4.78 is 36.4. The van der Waals surface area contributed by atoms with Crippen LogP contribution >= 0.6 is 0 Å². The van der Waals surface area contributed by atoms with Gasteiger partial charge in [-0.25, -0.2) is 17.9 Å². The highest BCUT2D eigenvalue weighted by Crippen LogP contribution is 2.37. The number of benzene rings is 1. The van der Waals surface area contributed by atoms with E-state index < -0.39 is 15.8 Å². The Morgan fingerprint density at radius 1 is 1.35 bits per heavy atom. The lowest BCUT2D eigenvalue weighted by atomic mass is 9.73. The van der Waals surface area contributed by atoms with E-state index in [4.69, 9.17) is 5.14 Å². The van der Waals surface area contributed by atoms with Crippen LogP contribution in [0.3, 0.4) is 0 Å². The Morgan fingerprint density at radius 3 is 2.60 bits per heavy atom. The van der Waals surface area contributed by atoms with Crippen molar-refractivity contribution in [2.45, 2.75) is 50.5 Å². The standard InChI is InChI=1S/C14H21FN2O2S/c1-14(2)8-4-3-5-13(14)17-12-7-6-10(9-11(12)15)20(16,18)19/h6-7,9,13,17H,3-5,8H2,1-2H3,(H2,16,18,19). The van der Waals surface area contributed by atoms with Gasteiger partial charge in [-0.05, 0) is 36.5 Å². The smallest absolute Gasteiger partial charge is 0.238 e. The van der Waals surface area contributed by atoms with Crippen LogP contribution < -0.4 is 10.5 Å². The van der Waals surface area contributed by atoms with E-state index >= 15 is 0 Å². The van der Waals surface area contributed by atoms with Gasteiger partial charge in [0.05, 0.1) is 10.6 Å². The summed E-state index contributed by atoms with van der Waals surface area (Å²) in [6.07, 6.45) is 4.40. The Labute approximate surface area is 119 Å². The van der Waals surface area contributed by atoms with Crippen molar-refractivity contribution >= 4 is 15.7 Å². The minimum atomic E-state index is -3.87. The van der Waals surface area contributed by atoms with Gasteiger partial charge in [-0.2, -0.15) is 0 Å². The zero-order valence-electron chi connectivity index (χ0n) is 11.8. The van der Waals surface area contributed by atoms with E-state index in [0.717, 1.165) is 25.3 Å². The molecule has 0 aromatic heterocycles. The van der Waals surface area contributed by atoms with Crippen LogP contribution in [-0.4, -0.2) is 14.5 Å². The van der Waals surface area contributed by atoms with E-state index in [1.807, 2.05) is 0 Å². The predicted octanol–water partition coefficient (Wildman–Crippen LogP) is 2.85. The van der Waals surface area contributed by atoms with Gasteiger partial charge in [0.1, 0.15) is 5.82 Å². The number of nitrogens with two attached hydrogens (primary N) is 1. The number of primary sulfonamides is 1. The molecule has 2 rings (SSSR count). The zero-order chi connectivity index (χ0) is 15.0. The summed E-state index contributed by atoms with van der Waals surface area (Å²) in [5, 5.41) is 8.20. The molecule has 1 unspecified atom stereocenters. The lowest BCUT2D eigenvalue weighted by Gasteiger charge is -2.39. The molecule has 0 aliphatic heterocycles. The fraction of sp³-hybridized carbons (Fsp3) is 0.571. The number of rotatable bonds is 3. The second-order valence-electron chi connectivity index (χ2n) is 6.12. The molecule has 1 aromatic rings. The molecule has 20 heavy (non-hydrogen) atoms. The second-order valence-corrected chi connectivity index (χ2v) is 7.68. The second kappa shape index (κ2) is 5.33. The van der Waals surface area contributed by atoms with Gasteiger partial charge < -0.3 is 5.32 Å². The lowest BCUT2D eigenvalue weighted by molar-refractivity contribution is 0.216. The van der Waals surface area contributed by atoms with Crippen molar-refractivity contribution in [2.75, 3.05) is 5.32 Å². The molecule has 1 aromatic carbocycles. The van der Waals surface area contributed by atoms with Gasteiger partial charge in [0, 0.05) is 6.04 Å². The molecule has 1 fully saturated rings. The first-order valence-electron chi connectivity index (χ1n) is 6.79. The summed E-state index contributed by atoms with van der Waals surface area (Å²) in [6.45, 7) is 4.33. The molecule has 0 radical (unpaired) electrons. The van der Waals surface area contributed by atoms with Gasteiger partial charge in [-0.15, -0.1) is 0 Å². The van der Waals surface area contributed by atoms with Crippen LogP contribution in [0.4, 0.5) is 10.1 Å². The molecule has 0 heterocycles. The summed E-state index contributed by atoms with van der Waals surface area (Å²) >= 11 is 0. The first kappa shape index (κ1) is 15.3. The van der Waals surface area contributed by atoms with Gasteiger partial charge in [-0.1, -0.05) is 26.7 Å². The Kier molecular flexibility index (Phi) is 4.07. The molecule has 0 amide bonds. The topological polar surface area (TPSA) is 72.2 Å². The Morgan fingerprint density at radius 2 is 2.05 bits per heavy atom. The lowest BCUT2D eigenvalue weighted by Crippen LogP contribution is -2.39. The quantitative estimate of drug-likeness (QED) is 0.901. The molecule has 4 nitrogen and oxygen atoms in total. The number of hydrogen-bond acceptors (Lipinski definition) is 3. The molecule has 1 aliphatic rings. The van der Waals surface area contributed by atoms with E-state index in [1.54, 1.807) is 0 Å². The third-order valence-electron chi connectivity index (χ3n) is 4.11. The maximum atomic E-state index is 14.0. The average molecular weight is 300 g/mol. The molecule has 3 N–H and O–H groups in total. The van der Waals surface area contributed by atoms with E-state index in [2.05, 4.69) is 19.2 Å². The van der Waals surface area contributed by atoms with E-state index in [1.165, 1.54) is 18.6 Å². The minimum Gasteiger partial charge on any atom is -0.379 e. The molecule has 112 valence electrons. The largest absolute Gasteiger partial charge is 0.379 e. The summed E-state index contributed by atoms with van der Waals surface area (Å²) in [4.78, 5) is -0.205. The Balaban J connectivity index is 2.22. The molecular formula is C14H21FN2O2S. The third kappa shape index (κ3) is 3.30. The fourth-order valence-electron chi connectivity index (χ4n) is 2.74. The SMILES string of the molecule is CC1(C)CCCCC1Nc1ccc(S(N)(=O)=O)cc1F. The molecule has 1 atom stereocenters. The van der Waals surface area contributed by atoms with Crippen LogP contribution in [0.2, 0.25) is 0 Å². The maximum absolute atomic E-state index is 14.0. The van der Waals surface area contributed by atoms with Crippen LogP contribution in [0.25, 0.3) is 0 Å². The average Bonchev–Trinajstić information content (AvgIpc) is 2.32. The zero-order valence-corrected chi connectivity index (χ0v) is 12.6. The van der Waals surface area contributed by atoms with Gasteiger partial charge >= 0.3 is 0 Å². The van der Waals surface area contributed by atoms with Crippen molar-refractivity contribution in [2.24, 2.45) is 10.6 Å². The molecule has 6 heteroatoms. The van der Waals surface area contributed by atoms with Gasteiger partial charge in [0.25, 0.3) is 0 Å². The summed E-state index contributed by atoms with van der Waals surface area (Å²) in [5.74, 6) is -0.585. The number of halogens is 1. The van der Waals surface area contributed by atoms with Crippen molar-refractivity contribution in [3.8, 4) is 0 Å². The highest BCUT2D eigenvalue weighted by atomic mass is 32.2. The Hall–Kier alpha value is -1.14. The van der Waals surface area contributed by atoms with Crippen molar-refractivity contribution in [3.05, 3.63) is 24.0 Å². The first-order valence-corrected chi connectivity index (χ1v) is 8.34. The van der Waals surface area contributed by atoms with Gasteiger partial charge in [-0.3, -0.25) is 0 Å². The van der Waals surface area contributed by atoms with Crippen molar-refractivity contribution in [1.29, 1.82) is 0 Å². The van der Waals surface area contributed by atoms with Crippen LogP contribution in [0.5, 0.6) is 0 Å². The van der Waals surface area contributed by atoms with Crippen LogP contribution in [-0.2, 0) is 10.0 Å². The molecule has 0 spiro atoms. The normalized spacial score (nSPS) is 22.5. The number of anilines is 1. The predicted molar refractivity (Wildman–Crippen MR) is 77.4 cm³/mol. The number of nitrogens with one attached hydrogen (secondary N) is 1. The van der Waals surface area contributed by atoms with Crippen LogP contribution in [0.1, 0.15) is 39.5 Å². The molecule has 0 bridgehead atoms. The molecule has 0 saturated heterocycles. The first-order chi connectivity index (χ1) is 9.20.